The van der Waals surface area contributed by atoms with Crippen LogP contribution in [0.5, 0.6) is 10.8 Å². The Morgan fingerprint density at radius 3 is 2.44 bits per heavy atom. The summed E-state index contributed by atoms with van der Waals surface area (Å²) >= 11 is 1.61. The molecule has 5 rings (SSSR count). The van der Waals surface area contributed by atoms with Crippen molar-refractivity contribution in [2.45, 2.75) is 96.2 Å². The number of aryl methyl sites for hydroxylation is 1. The van der Waals surface area contributed by atoms with Gasteiger partial charge >= 0.3 is 0 Å². The van der Waals surface area contributed by atoms with Gasteiger partial charge in [0.15, 0.2) is 5.06 Å². The molecule has 1 aromatic carbocycles. The van der Waals surface area contributed by atoms with Crippen LogP contribution in [0.3, 0.4) is 0 Å². The highest BCUT2D eigenvalue weighted by atomic mass is 35.5. The van der Waals surface area contributed by atoms with Crippen LogP contribution in [-0.2, 0) is 16.1 Å². The number of rotatable bonds is 9. The van der Waals surface area contributed by atoms with Crippen LogP contribution in [-0.4, -0.2) is 52.8 Å². The fourth-order valence-corrected chi connectivity index (χ4v) is 7.27. The van der Waals surface area contributed by atoms with Gasteiger partial charge in [-0.15, -0.1) is 23.7 Å². The SMILES string of the molecule is CCCCN1C(=O)[C@H](CC2CCCCC2)NC(=O)C12CCN(Cc1ccc(Oc3cc(C)cs3)cc1)CC2.Cl. The van der Waals surface area contributed by atoms with Crippen molar-refractivity contribution in [2.24, 2.45) is 5.92 Å². The van der Waals surface area contributed by atoms with Crippen LogP contribution in [0.15, 0.2) is 35.7 Å². The van der Waals surface area contributed by atoms with Gasteiger partial charge in [-0.25, -0.2) is 0 Å². The smallest absolute Gasteiger partial charge is 0.246 e. The average molecular weight is 574 g/mol. The maximum absolute atomic E-state index is 13.7. The number of ether oxygens (including phenoxy) is 1. The number of piperazine rings is 1. The monoisotopic (exact) mass is 573 g/mol. The highest BCUT2D eigenvalue weighted by Crippen LogP contribution is 2.36. The third-order valence-electron chi connectivity index (χ3n) is 8.78. The maximum atomic E-state index is 13.7. The minimum absolute atomic E-state index is 0. The minimum Gasteiger partial charge on any atom is -0.447 e. The summed E-state index contributed by atoms with van der Waals surface area (Å²) in [6.07, 6.45) is 10.4. The number of nitrogens with one attached hydrogen (secondary N) is 1. The first-order chi connectivity index (χ1) is 18.5. The molecule has 3 heterocycles. The van der Waals surface area contributed by atoms with E-state index in [-0.39, 0.29) is 30.3 Å². The Morgan fingerprint density at radius 2 is 1.79 bits per heavy atom. The average Bonchev–Trinajstić information content (AvgIpc) is 3.34. The van der Waals surface area contributed by atoms with E-state index in [1.54, 1.807) is 11.3 Å². The number of piperidine rings is 1. The molecule has 1 aromatic heterocycles. The molecule has 8 heteroatoms. The Morgan fingerprint density at radius 1 is 1.08 bits per heavy atom. The van der Waals surface area contributed by atoms with Gasteiger partial charge in [-0.1, -0.05) is 57.6 Å². The van der Waals surface area contributed by atoms with Gasteiger partial charge in [-0.3, -0.25) is 14.5 Å². The molecule has 3 aliphatic rings. The highest BCUT2D eigenvalue weighted by Gasteiger charge is 2.53. The van der Waals surface area contributed by atoms with Crippen molar-refractivity contribution in [2.75, 3.05) is 19.6 Å². The normalized spacial score (nSPS) is 22.0. The van der Waals surface area contributed by atoms with Crippen molar-refractivity contribution in [1.82, 2.24) is 15.1 Å². The van der Waals surface area contributed by atoms with Gasteiger partial charge in [-0.2, -0.15) is 0 Å². The van der Waals surface area contributed by atoms with Crippen molar-refractivity contribution in [3.05, 3.63) is 46.8 Å². The third kappa shape index (κ3) is 6.98. The summed E-state index contributed by atoms with van der Waals surface area (Å²) in [6, 6.07) is 10.0. The van der Waals surface area contributed by atoms with Gasteiger partial charge in [0.1, 0.15) is 17.3 Å². The molecule has 1 spiro atoms. The number of benzene rings is 1. The standard InChI is InChI=1S/C31H43N3O3S.ClH/c1-3-4-16-34-29(35)27(20-24-8-6-5-7-9-24)32-30(36)31(34)14-17-33(18-15-31)21-25-10-12-26(13-11-25)37-28-19-23(2)22-38-28;/h10-13,19,22,24,27H,3-9,14-18,20-21H2,1-2H3,(H,32,36);1H/t27-;/m0./s1. The number of unbranched alkanes of at least 4 members (excludes halogenated alkanes) is 1. The van der Waals surface area contributed by atoms with Gasteiger partial charge in [0.25, 0.3) is 0 Å². The molecule has 3 fully saturated rings. The van der Waals surface area contributed by atoms with Crippen LogP contribution in [0.2, 0.25) is 0 Å². The first-order valence-corrected chi connectivity index (χ1v) is 15.5. The summed E-state index contributed by atoms with van der Waals surface area (Å²) in [5, 5.41) is 6.21. The predicted molar refractivity (Wildman–Crippen MR) is 160 cm³/mol. The maximum Gasteiger partial charge on any atom is 0.246 e. The molecule has 0 bridgehead atoms. The zero-order valence-corrected chi connectivity index (χ0v) is 25.1. The number of hydrogen-bond donors (Lipinski definition) is 1. The van der Waals surface area contributed by atoms with Crippen LogP contribution in [0.25, 0.3) is 0 Å². The molecule has 0 unspecified atom stereocenters. The number of carbonyl (C=O) groups excluding carboxylic acids is 2. The van der Waals surface area contributed by atoms with Gasteiger partial charge in [0.05, 0.1) is 0 Å². The molecule has 2 amide bonds. The number of nitrogens with zero attached hydrogens (tertiary/aromatic N) is 2. The van der Waals surface area contributed by atoms with Crippen molar-refractivity contribution in [3.8, 4) is 10.8 Å². The Bertz CT molecular complexity index is 1090. The topological polar surface area (TPSA) is 61.9 Å². The fourth-order valence-electron chi connectivity index (χ4n) is 6.51. The molecular formula is C31H44ClN3O3S. The lowest BCUT2D eigenvalue weighted by molar-refractivity contribution is -0.162. The van der Waals surface area contributed by atoms with E-state index in [2.05, 4.69) is 47.6 Å². The summed E-state index contributed by atoms with van der Waals surface area (Å²) < 4.78 is 5.96. The van der Waals surface area contributed by atoms with Crippen LogP contribution in [0.1, 0.15) is 82.3 Å². The minimum atomic E-state index is -0.692. The number of thiophene rings is 1. The fraction of sp³-hybridized carbons (Fsp3) is 0.613. The molecular weight excluding hydrogens is 530 g/mol. The predicted octanol–water partition coefficient (Wildman–Crippen LogP) is 6.70. The van der Waals surface area contributed by atoms with Crippen molar-refractivity contribution < 1.29 is 14.3 Å². The summed E-state index contributed by atoms with van der Waals surface area (Å²) in [6.45, 7) is 7.37. The largest absolute Gasteiger partial charge is 0.447 e. The lowest BCUT2D eigenvalue weighted by Crippen LogP contribution is -2.73. The second-order valence-corrected chi connectivity index (χ2v) is 12.5. The van der Waals surface area contributed by atoms with Crippen molar-refractivity contribution in [3.63, 3.8) is 0 Å². The molecule has 2 aliphatic heterocycles. The Labute approximate surface area is 243 Å². The molecule has 1 aliphatic carbocycles. The summed E-state index contributed by atoms with van der Waals surface area (Å²) in [5.41, 5.74) is 1.75. The molecule has 214 valence electrons. The summed E-state index contributed by atoms with van der Waals surface area (Å²) in [7, 11) is 0. The van der Waals surface area contributed by atoms with E-state index in [0.29, 0.717) is 25.3 Å². The first-order valence-electron chi connectivity index (χ1n) is 14.6. The van der Waals surface area contributed by atoms with Gasteiger partial charge < -0.3 is 15.0 Å². The van der Waals surface area contributed by atoms with Gasteiger partial charge in [0, 0.05) is 26.2 Å². The number of halogens is 1. The molecule has 1 N–H and O–H groups in total. The van der Waals surface area contributed by atoms with E-state index in [9.17, 15) is 9.59 Å². The number of amides is 2. The molecule has 2 saturated heterocycles. The molecule has 2 aromatic rings. The lowest BCUT2D eigenvalue weighted by atomic mass is 9.79. The van der Waals surface area contributed by atoms with E-state index < -0.39 is 5.54 Å². The Kier molecular flexibility index (Phi) is 10.4. The number of likely N-dealkylation sites (tertiary alicyclic amines) is 1. The summed E-state index contributed by atoms with van der Waals surface area (Å²) in [4.78, 5) is 31.8. The van der Waals surface area contributed by atoms with E-state index in [1.165, 1.54) is 43.2 Å². The Balaban J connectivity index is 0.00000353. The van der Waals surface area contributed by atoms with Crippen LogP contribution < -0.4 is 10.1 Å². The van der Waals surface area contributed by atoms with E-state index >= 15 is 0 Å². The zero-order valence-electron chi connectivity index (χ0n) is 23.5. The molecule has 1 saturated carbocycles. The van der Waals surface area contributed by atoms with Gasteiger partial charge in [0.2, 0.25) is 11.8 Å². The highest BCUT2D eigenvalue weighted by molar-refractivity contribution is 7.12. The van der Waals surface area contributed by atoms with E-state index in [1.807, 2.05) is 17.0 Å². The van der Waals surface area contributed by atoms with Crippen LogP contribution >= 0.6 is 23.7 Å². The molecule has 1 atom stereocenters. The second-order valence-electron chi connectivity index (χ2n) is 11.6. The zero-order chi connectivity index (χ0) is 26.5. The van der Waals surface area contributed by atoms with Crippen LogP contribution in [0, 0.1) is 12.8 Å². The van der Waals surface area contributed by atoms with Crippen molar-refractivity contribution >= 4 is 35.6 Å². The number of hydrogen-bond acceptors (Lipinski definition) is 5. The molecule has 39 heavy (non-hydrogen) atoms. The van der Waals surface area contributed by atoms with E-state index in [4.69, 9.17) is 4.74 Å². The Hall–Kier alpha value is -2.09. The van der Waals surface area contributed by atoms with Crippen LogP contribution in [0.4, 0.5) is 0 Å². The molecule has 0 radical (unpaired) electrons. The second kappa shape index (κ2) is 13.5. The quantitative estimate of drug-likeness (QED) is 0.362. The first kappa shape index (κ1) is 29.9. The van der Waals surface area contributed by atoms with Crippen molar-refractivity contribution in [1.29, 1.82) is 0 Å². The lowest BCUT2D eigenvalue weighted by Gasteiger charge is -2.52. The summed E-state index contributed by atoms with van der Waals surface area (Å²) in [5.74, 6) is 1.65. The van der Waals surface area contributed by atoms with Gasteiger partial charge in [-0.05, 0) is 73.2 Å². The third-order valence-corrected chi connectivity index (χ3v) is 9.70. The van der Waals surface area contributed by atoms with E-state index in [0.717, 1.165) is 49.7 Å². The number of carbonyl (C=O) groups is 2. The molecule has 6 nitrogen and oxygen atoms in total.